The van der Waals surface area contributed by atoms with Crippen LogP contribution in [0.25, 0.3) is 0 Å². The van der Waals surface area contributed by atoms with Crippen molar-refractivity contribution in [2.75, 3.05) is 18.1 Å². The summed E-state index contributed by atoms with van der Waals surface area (Å²) in [6.45, 7) is -0.693. The van der Waals surface area contributed by atoms with E-state index in [4.69, 9.17) is 0 Å². The van der Waals surface area contributed by atoms with Crippen LogP contribution in [0.4, 0.5) is 32.0 Å². The molecule has 1 fully saturated rings. The van der Waals surface area contributed by atoms with Crippen LogP contribution in [0.2, 0.25) is 0 Å². The third-order valence-corrected chi connectivity index (χ3v) is 5.86. The van der Waals surface area contributed by atoms with Gasteiger partial charge >= 0.3 is 12.4 Å². The van der Waals surface area contributed by atoms with E-state index in [0.29, 0.717) is 25.0 Å². The van der Waals surface area contributed by atoms with Crippen molar-refractivity contribution in [3.05, 3.63) is 29.3 Å². The molecule has 1 aliphatic carbocycles. The van der Waals surface area contributed by atoms with Crippen LogP contribution < -0.4 is 5.32 Å². The van der Waals surface area contributed by atoms with Gasteiger partial charge in [0.2, 0.25) is 15.9 Å². The van der Waals surface area contributed by atoms with E-state index in [0.717, 1.165) is 29.8 Å². The Kier molecular flexibility index (Phi) is 6.88. The molecule has 0 radical (unpaired) electrons. The van der Waals surface area contributed by atoms with Crippen LogP contribution in [-0.4, -0.2) is 37.5 Å². The van der Waals surface area contributed by atoms with Gasteiger partial charge in [-0.2, -0.15) is 30.6 Å². The Hall–Kier alpha value is -1.82. The molecule has 0 unspecified atom stereocenters. The molecule has 0 bridgehead atoms. The van der Waals surface area contributed by atoms with Crippen molar-refractivity contribution in [3.63, 3.8) is 0 Å². The van der Waals surface area contributed by atoms with E-state index < -0.39 is 57.7 Å². The fourth-order valence-electron chi connectivity index (χ4n) is 3.26. The van der Waals surface area contributed by atoms with Crippen LogP contribution in [0, 0.1) is 0 Å². The van der Waals surface area contributed by atoms with Crippen LogP contribution in [0.15, 0.2) is 18.2 Å². The lowest BCUT2D eigenvalue weighted by Crippen LogP contribution is -2.45. The van der Waals surface area contributed by atoms with Gasteiger partial charge in [0.25, 0.3) is 0 Å². The number of alkyl halides is 6. The van der Waals surface area contributed by atoms with E-state index >= 15 is 0 Å². The van der Waals surface area contributed by atoms with E-state index in [2.05, 4.69) is 0 Å². The molecule has 5 nitrogen and oxygen atoms in total. The smallest absolute Gasteiger partial charge is 0.325 e. The molecule has 0 aliphatic heterocycles. The minimum atomic E-state index is -5.05. The van der Waals surface area contributed by atoms with E-state index in [1.54, 1.807) is 0 Å². The van der Waals surface area contributed by atoms with Crippen molar-refractivity contribution in [1.82, 2.24) is 4.31 Å². The van der Waals surface area contributed by atoms with Crippen molar-refractivity contribution in [2.45, 2.75) is 50.5 Å². The first kappa shape index (κ1) is 23.5. The molecule has 0 spiro atoms. The Bertz CT molecular complexity index is 813. The normalized spacial score (nSPS) is 16.8. The highest BCUT2D eigenvalue weighted by Gasteiger charge is 2.37. The second-order valence-electron chi connectivity index (χ2n) is 6.94. The molecule has 1 saturated carbocycles. The van der Waals surface area contributed by atoms with Crippen molar-refractivity contribution in [3.8, 4) is 0 Å². The van der Waals surface area contributed by atoms with Crippen molar-refractivity contribution in [1.29, 1.82) is 0 Å². The van der Waals surface area contributed by atoms with Crippen molar-refractivity contribution >= 4 is 21.6 Å². The molecule has 1 aliphatic rings. The summed E-state index contributed by atoms with van der Waals surface area (Å²) in [5.74, 6) is -1.02. The van der Waals surface area contributed by atoms with Crippen LogP contribution in [0.1, 0.15) is 43.2 Å². The summed E-state index contributed by atoms with van der Waals surface area (Å²) >= 11 is 0. The maximum Gasteiger partial charge on any atom is 0.416 e. The number of benzene rings is 1. The number of nitrogens with one attached hydrogen (secondary N) is 1. The van der Waals surface area contributed by atoms with Gasteiger partial charge in [0.15, 0.2) is 0 Å². The predicted molar refractivity (Wildman–Crippen MR) is 93.5 cm³/mol. The van der Waals surface area contributed by atoms with Gasteiger partial charge in [-0.05, 0) is 31.0 Å². The number of carbonyl (C=O) groups excluding carboxylic acids is 1. The van der Waals surface area contributed by atoms with E-state index in [1.807, 2.05) is 5.32 Å². The Morgan fingerprint density at radius 3 is 1.90 bits per heavy atom. The summed E-state index contributed by atoms with van der Waals surface area (Å²) in [4.78, 5) is 12.3. The number of sulfonamides is 1. The summed E-state index contributed by atoms with van der Waals surface area (Å²) in [5.41, 5.74) is -3.86. The maximum atomic E-state index is 12.9. The largest absolute Gasteiger partial charge is 0.416 e. The Balaban J connectivity index is 2.26. The summed E-state index contributed by atoms with van der Waals surface area (Å²) in [6, 6.07) is 0.258. The number of amides is 1. The lowest BCUT2D eigenvalue weighted by molar-refractivity contribution is -0.143. The Morgan fingerprint density at radius 2 is 1.48 bits per heavy atom. The molecule has 0 heterocycles. The second kappa shape index (κ2) is 8.50. The van der Waals surface area contributed by atoms with Gasteiger partial charge in [-0.1, -0.05) is 19.3 Å². The molecular formula is C17H20F6N2O3S. The first-order valence-electron chi connectivity index (χ1n) is 8.74. The number of hydrogen-bond acceptors (Lipinski definition) is 3. The number of nitrogens with zero attached hydrogens (tertiary/aromatic N) is 1. The monoisotopic (exact) mass is 446 g/mol. The average molecular weight is 446 g/mol. The van der Waals surface area contributed by atoms with Gasteiger partial charge in [0.1, 0.15) is 0 Å². The zero-order chi connectivity index (χ0) is 22.0. The molecule has 29 heavy (non-hydrogen) atoms. The third kappa shape index (κ3) is 6.59. The Morgan fingerprint density at radius 1 is 1.00 bits per heavy atom. The number of carbonyl (C=O) groups is 1. The second-order valence-corrected chi connectivity index (χ2v) is 8.88. The van der Waals surface area contributed by atoms with Gasteiger partial charge in [0.05, 0.1) is 23.9 Å². The first-order valence-corrected chi connectivity index (χ1v) is 10.6. The van der Waals surface area contributed by atoms with Crippen LogP contribution in [-0.2, 0) is 27.2 Å². The van der Waals surface area contributed by atoms with Gasteiger partial charge in [0, 0.05) is 11.7 Å². The summed E-state index contributed by atoms with van der Waals surface area (Å²) < 4.78 is 103. The van der Waals surface area contributed by atoms with E-state index in [9.17, 15) is 39.6 Å². The zero-order valence-corrected chi connectivity index (χ0v) is 16.2. The summed E-state index contributed by atoms with van der Waals surface area (Å²) in [7, 11) is -3.80. The maximum absolute atomic E-state index is 12.9. The average Bonchev–Trinajstić information content (AvgIpc) is 2.57. The topological polar surface area (TPSA) is 66.5 Å². The number of halogens is 6. The summed E-state index contributed by atoms with van der Waals surface area (Å²) in [5, 5.41) is 1.96. The van der Waals surface area contributed by atoms with Gasteiger partial charge < -0.3 is 5.32 Å². The highest BCUT2D eigenvalue weighted by atomic mass is 32.2. The standard InChI is InChI=1S/C17H20F6N2O3S/c1-29(27,28)25(14-5-3-2-4-6-14)10-15(26)24-13-8-11(16(18,19)20)7-12(9-13)17(21,22)23/h7-9,14H,2-6,10H2,1H3,(H,24,26). The third-order valence-electron chi connectivity index (χ3n) is 4.58. The molecule has 12 heteroatoms. The number of hydrogen-bond donors (Lipinski definition) is 1. The molecule has 0 saturated heterocycles. The molecule has 164 valence electrons. The molecular weight excluding hydrogens is 426 g/mol. The number of anilines is 1. The van der Waals surface area contributed by atoms with Crippen molar-refractivity contribution in [2.24, 2.45) is 0 Å². The van der Waals surface area contributed by atoms with Crippen LogP contribution >= 0.6 is 0 Å². The van der Waals surface area contributed by atoms with Crippen LogP contribution in [0.5, 0.6) is 0 Å². The molecule has 0 aromatic heterocycles. The Labute approximate surface area is 164 Å². The summed E-state index contributed by atoms with van der Waals surface area (Å²) in [6.07, 6.45) is -5.69. The molecule has 1 aromatic carbocycles. The molecule has 0 atom stereocenters. The molecule has 1 N–H and O–H groups in total. The molecule has 1 aromatic rings. The van der Waals surface area contributed by atoms with Crippen molar-refractivity contribution < 1.29 is 39.6 Å². The van der Waals surface area contributed by atoms with Crippen LogP contribution in [0.3, 0.4) is 0 Å². The fourth-order valence-corrected chi connectivity index (χ4v) is 4.36. The fraction of sp³-hybridized carbons (Fsp3) is 0.588. The SMILES string of the molecule is CS(=O)(=O)N(CC(=O)Nc1cc(C(F)(F)F)cc(C(F)(F)F)c1)C1CCCCC1. The highest BCUT2D eigenvalue weighted by molar-refractivity contribution is 7.88. The quantitative estimate of drug-likeness (QED) is 0.688. The lowest BCUT2D eigenvalue weighted by Gasteiger charge is -2.31. The van der Waals surface area contributed by atoms with Gasteiger partial charge in [-0.25, -0.2) is 8.42 Å². The van der Waals surface area contributed by atoms with Gasteiger partial charge in [-0.3, -0.25) is 4.79 Å². The molecule has 1 amide bonds. The van der Waals surface area contributed by atoms with E-state index in [1.165, 1.54) is 0 Å². The first-order chi connectivity index (χ1) is 13.2. The highest BCUT2D eigenvalue weighted by Crippen LogP contribution is 2.37. The predicted octanol–water partition coefficient (Wildman–Crippen LogP) is 4.26. The minimum Gasteiger partial charge on any atom is -0.325 e. The van der Waals surface area contributed by atoms with Gasteiger partial charge in [-0.15, -0.1) is 0 Å². The minimum absolute atomic E-state index is 0.0551. The van der Waals surface area contributed by atoms with E-state index in [-0.39, 0.29) is 6.07 Å². The molecule has 2 rings (SSSR count). The zero-order valence-electron chi connectivity index (χ0n) is 15.4. The number of rotatable bonds is 5. The lowest BCUT2D eigenvalue weighted by atomic mass is 9.95.